The molecule has 5 aliphatic rings. The number of benzene rings is 7. The Balaban J connectivity index is 0.888. The first kappa shape index (κ1) is 46.9. The van der Waals surface area contributed by atoms with E-state index in [1.807, 2.05) is 12.1 Å². The lowest BCUT2D eigenvalue weighted by molar-refractivity contribution is 0.279. The summed E-state index contributed by atoms with van der Waals surface area (Å²) in [6.45, 7) is 11.2. The number of para-hydroxylation sites is 3. The Morgan fingerprint density at radius 1 is 0.737 bits per heavy atom. The molecule has 0 saturated heterocycles. The Bertz CT molecular complexity index is 3960. The Morgan fingerprint density at radius 2 is 1.55 bits per heavy atom. The van der Waals surface area contributed by atoms with E-state index in [0.29, 0.717) is 0 Å². The first-order chi connectivity index (χ1) is 37.3. The first-order valence-corrected chi connectivity index (χ1v) is 26.9. The summed E-state index contributed by atoms with van der Waals surface area (Å²) in [5.74, 6) is 1.16. The lowest BCUT2D eigenvalue weighted by atomic mass is 9.81. The molecule has 2 heterocycles. The molecule has 372 valence electrons. The molecule has 13 rings (SSSR count). The molecule has 7 aromatic carbocycles. The number of anilines is 4. The van der Waals surface area contributed by atoms with E-state index < -0.39 is 0 Å². The summed E-state index contributed by atoms with van der Waals surface area (Å²) in [5.41, 5.74) is 17.9. The van der Waals surface area contributed by atoms with E-state index >= 15 is 0 Å². The van der Waals surface area contributed by atoms with Gasteiger partial charge in [0, 0.05) is 61.9 Å². The number of allylic oxidation sites excluding steroid dienone is 15. The monoisotopic (exact) mass is 988 g/mol. The number of phenolic OH excluding ortho intramolecular Hbond substituents is 1. The predicted molar refractivity (Wildman–Crippen MR) is 318 cm³/mol. The number of rotatable bonds is 11. The quantitative estimate of drug-likeness (QED) is 0.131. The van der Waals surface area contributed by atoms with Gasteiger partial charge in [0.05, 0.1) is 17.4 Å². The topological polar surface area (TPSA) is 49.1 Å². The highest BCUT2D eigenvalue weighted by Gasteiger charge is 2.40. The molecule has 5 heteroatoms. The molecule has 0 saturated carbocycles. The van der Waals surface area contributed by atoms with Gasteiger partial charge in [0.1, 0.15) is 23.2 Å². The number of aromatic hydroxyl groups is 1. The normalized spacial score (nSPS) is 19.7. The van der Waals surface area contributed by atoms with Gasteiger partial charge in [-0.2, -0.15) is 0 Å². The lowest BCUT2D eigenvalue weighted by Gasteiger charge is -2.38. The van der Waals surface area contributed by atoms with Gasteiger partial charge in [-0.05, 0) is 134 Å². The number of hydrogen-bond donors (Lipinski definition) is 1. The molecule has 1 aromatic heterocycles. The fraction of sp³-hybridized carbons (Fsp3) is 0.155. The third-order valence-corrected chi connectivity index (χ3v) is 16.0. The van der Waals surface area contributed by atoms with Crippen molar-refractivity contribution in [3.05, 3.63) is 270 Å². The number of hydrogen-bond acceptors (Lipinski definition) is 5. The van der Waals surface area contributed by atoms with Crippen molar-refractivity contribution in [1.29, 1.82) is 0 Å². The van der Waals surface area contributed by atoms with Gasteiger partial charge >= 0.3 is 0 Å². The zero-order chi connectivity index (χ0) is 51.4. The van der Waals surface area contributed by atoms with E-state index in [-0.39, 0.29) is 29.7 Å². The molecule has 0 fully saturated rings. The highest BCUT2D eigenvalue weighted by molar-refractivity contribution is 6.12. The molecule has 4 atom stereocenters. The van der Waals surface area contributed by atoms with Gasteiger partial charge in [0.25, 0.3) is 0 Å². The standard InChI is InChI=1S/C71H60N2O3/c1-5-18-50-43-54(72(52-25-12-19-45(2)41-52)64-33-16-31-62-60-29-14-27-58(68(60)75-70(62)64)48-21-8-6-9-22-48)36-38-56(50)47(4)67-57-39-37-55(44-51(57)35-40-66(67)74)73(53-26-13-20-46(3)42-53)65-34-17-32-63-61-30-15-28-59(69(61)76-71(63)65)49-23-10-7-11-24-49/h5,7-8,10-24,26-42,44,50,52,61,69,74H,4,6,9,25,43H2,1-3H3/b18-5-. The highest BCUT2D eigenvalue weighted by Crippen LogP contribution is 2.53. The van der Waals surface area contributed by atoms with Crippen LogP contribution in [0.1, 0.15) is 73.3 Å². The summed E-state index contributed by atoms with van der Waals surface area (Å²) < 4.78 is 14.2. The first-order valence-electron chi connectivity index (χ1n) is 26.9. The maximum absolute atomic E-state index is 12.0. The molecule has 1 aliphatic heterocycles. The summed E-state index contributed by atoms with van der Waals surface area (Å²) in [6, 6.07) is 49.4. The van der Waals surface area contributed by atoms with Crippen LogP contribution in [0.15, 0.2) is 246 Å². The minimum Gasteiger partial charge on any atom is -0.507 e. The van der Waals surface area contributed by atoms with Crippen molar-refractivity contribution in [2.24, 2.45) is 5.92 Å². The van der Waals surface area contributed by atoms with Crippen molar-refractivity contribution in [3.8, 4) is 11.5 Å². The van der Waals surface area contributed by atoms with Gasteiger partial charge in [-0.25, -0.2) is 0 Å². The maximum atomic E-state index is 12.0. The second kappa shape index (κ2) is 19.5. The van der Waals surface area contributed by atoms with Crippen LogP contribution < -0.4 is 14.5 Å². The number of furan rings is 1. The van der Waals surface area contributed by atoms with E-state index in [2.05, 4.69) is 237 Å². The van der Waals surface area contributed by atoms with E-state index in [1.54, 1.807) is 0 Å². The lowest BCUT2D eigenvalue weighted by Crippen LogP contribution is -2.35. The van der Waals surface area contributed by atoms with Gasteiger partial charge in [-0.15, -0.1) is 0 Å². The van der Waals surface area contributed by atoms with Crippen molar-refractivity contribution in [3.63, 3.8) is 0 Å². The number of fused-ring (bicyclic) bond motifs is 7. The molecule has 0 spiro atoms. The van der Waals surface area contributed by atoms with E-state index in [4.69, 9.17) is 15.7 Å². The number of ether oxygens (including phenoxy) is 1. The molecule has 0 bridgehead atoms. The second-order valence-corrected chi connectivity index (χ2v) is 20.8. The van der Waals surface area contributed by atoms with Crippen LogP contribution in [0.2, 0.25) is 0 Å². The van der Waals surface area contributed by atoms with Crippen LogP contribution in [-0.2, 0) is 0 Å². The summed E-state index contributed by atoms with van der Waals surface area (Å²) >= 11 is 0. The molecule has 4 unspecified atom stereocenters. The molecule has 8 aromatic rings. The molecule has 0 radical (unpaired) electrons. The Labute approximate surface area is 445 Å². The molecule has 0 amide bonds. The Hall–Kier alpha value is -8.80. The number of phenols is 1. The fourth-order valence-electron chi connectivity index (χ4n) is 12.5. The van der Waals surface area contributed by atoms with Crippen LogP contribution in [0.4, 0.5) is 22.7 Å². The van der Waals surface area contributed by atoms with Gasteiger partial charge < -0.3 is 24.1 Å². The van der Waals surface area contributed by atoms with Crippen LogP contribution in [0.3, 0.4) is 0 Å². The van der Waals surface area contributed by atoms with Crippen molar-refractivity contribution in [2.75, 3.05) is 9.80 Å². The predicted octanol–water partition coefficient (Wildman–Crippen LogP) is 18.7. The van der Waals surface area contributed by atoms with Crippen LogP contribution >= 0.6 is 0 Å². The summed E-state index contributed by atoms with van der Waals surface area (Å²) in [6.07, 6.45) is 32.8. The summed E-state index contributed by atoms with van der Waals surface area (Å²) in [4.78, 5) is 4.83. The van der Waals surface area contributed by atoms with Crippen LogP contribution in [0.5, 0.6) is 11.5 Å². The third-order valence-electron chi connectivity index (χ3n) is 16.0. The molecular weight excluding hydrogens is 929 g/mol. The maximum Gasteiger partial charge on any atom is 0.159 e. The van der Waals surface area contributed by atoms with Crippen LogP contribution in [0.25, 0.3) is 49.4 Å². The van der Waals surface area contributed by atoms with E-state index in [9.17, 15) is 5.11 Å². The number of aryl methyl sites for hydroxylation is 1. The molecule has 76 heavy (non-hydrogen) atoms. The minimum absolute atomic E-state index is 0.0163. The Morgan fingerprint density at radius 3 is 2.38 bits per heavy atom. The van der Waals surface area contributed by atoms with Crippen molar-refractivity contribution in [1.82, 2.24) is 0 Å². The van der Waals surface area contributed by atoms with Crippen molar-refractivity contribution < 1.29 is 14.3 Å². The summed E-state index contributed by atoms with van der Waals surface area (Å²) in [7, 11) is 0. The van der Waals surface area contributed by atoms with Gasteiger partial charge in [-0.3, -0.25) is 0 Å². The average molecular weight is 989 g/mol. The molecule has 5 nitrogen and oxygen atoms in total. The van der Waals surface area contributed by atoms with Crippen LogP contribution in [0, 0.1) is 12.8 Å². The zero-order valence-corrected chi connectivity index (χ0v) is 43.3. The highest BCUT2D eigenvalue weighted by atomic mass is 16.5. The third kappa shape index (κ3) is 8.18. The largest absolute Gasteiger partial charge is 0.507 e. The van der Waals surface area contributed by atoms with E-state index in [1.165, 1.54) is 33.5 Å². The van der Waals surface area contributed by atoms with Crippen molar-refractivity contribution >= 4 is 72.2 Å². The average Bonchev–Trinajstić information content (AvgIpc) is 4.10. The van der Waals surface area contributed by atoms with E-state index in [0.717, 1.165) is 115 Å². The Kier molecular flexibility index (Phi) is 12.0. The second-order valence-electron chi connectivity index (χ2n) is 20.8. The summed E-state index contributed by atoms with van der Waals surface area (Å²) in [5, 5.41) is 16.1. The van der Waals surface area contributed by atoms with Crippen LogP contribution in [-0.4, -0.2) is 17.3 Å². The van der Waals surface area contributed by atoms with Gasteiger partial charge in [0.15, 0.2) is 5.58 Å². The van der Waals surface area contributed by atoms with Gasteiger partial charge in [0.2, 0.25) is 0 Å². The molecule has 1 N–H and O–H groups in total. The zero-order valence-electron chi connectivity index (χ0n) is 43.3. The molecule has 4 aliphatic carbocycles. The fourth-order valence-corrected chi connectivity index (χ4v) is 12.5. The van der Waals surface area contributed by atoms with Gasteiger partial charge in [-0.1, -0.05) is 182 Å². The minimum atomic E-state index is -0.141. The number of nitrogens with zero attached hydrogens (tertiary/aromatic N) is 2. The smallest absolute Gasteiger partial charge is 0.159 e. The van der Waals surface area contributed by atoms with Crippen molar-refractivity contribution in [2.45, 2.75) is 64.5 Å². The SMILES string of the molecule is C=C(C1=CC=C(N(c2cccc3c2oc2c(C4=CCCC=C4)cccc23)C2C=C(C)C=CC2)CC1/C=C\C)c1c(O)ccc2cc(N(c3cccc(C)c3)c3cccc4c3OC3C(c5ccccc5)=CC=CC43)ccc12. The molecular formula is C71H60N2O3.